The molecule has 0 spiro atoms. The molecule has 0 radical (unpaired) electrons. The molecular weight excluding hydrogens is 671 g/mol. The van der Waals surface area contributed by atoms with Crippen LogP contribution in [0.2, 0.25) is 0 Å². The average Bonchev–Trinajstić information content (AvgIpc) is 3.13. The number of benzene rings is 6. The first-order valence-corrected chi connectivity index (χ1v) is 20.1. The van der Waals surface area contributed by atoms with Crippen LogP contribution in [0.15, 0.2) is 123 Å². The van der Waals surface area contributed by atoms with Crippen LogP contribution in [-0.4, -0.2) is 6.85 Å². The molecule has 3 nitrogen and oxygen atoms in total. The van der Waals surface area contributed by atoms with E-state index in [4.69, 9.17) is 4.74 Å². The zero-order valence-corrected chi connectivity index (χ0v) is 32.1. The third-order valence-corrected chi connectivity index (χ3v) is 14.8. The normalized spacial score (nSPS) is 17.5. The molecule has 6 aromatic rings. The fraction of sp³-hybridized carbons (Fsp3) is 0.217. The molecule has 0 aromatic heterocycles. The third-order valence-electron chi connectivity index (χ3n) is 12.3. The number of nitrogens with zero attached hydrogens (tertiary/aromatic N) is 2. The van der Waals surface area contributed by atoms with Crippen molar-refractivity contribution < 1.29 is 4.74 Å². The van der Waals surface area contributed by atoms with Crippen molar-refractivity contribution in [3.63, 3.8) is 0 Å². The molecule has 0 bridgehead atoms. The van der Waals surface area contributed by atoms with E-state index in [1.165, 1.54) is 93.8 Å². The summed E-state index contributed by atoms with van der Waals surface area (Å²) in [4.78, 5) is 10.5. The van der Waals surface area contributed by atoms with Gasteiger partial charge in [0.2, 0.25) is 0 Å². The van der Waals surface area contributed by atoms with Crippen molar-refractivity contribution in [1.29, 1.82) is 0 Å². The number of fused-ring (bicyclic) bond motifs is 9. The van der Waals surface area contributed by atoms with Crippen molar-refractivity contribution in [2.45, 2.75) is 84.8 Å². The van der Waals surface area contributed by atoms with E-state index >= 15 is 0 Å². The van der Waals surface area contributed by atoms with Crippen LogP contribution in [0.1, 0.15) is 62.8 Å². The highest BCUT2D eigenvalue weighted by molar-refractivity contribution is 8.05. The Labute approximate surface area is 315 Å². The SMILES string of the molecule is Cc1cc2c3c(c1)N(c1cc4c(cc1C)C(C)(C)CCC4(C)C)c1cc4c(cc1B3N1c3ccccc3Oc3cccc-2c31)Sc1ccccc1S4. The maximum absolute atomic E-state index is 6.66. The molecule has 52 heavy (non-hydrogen) atoms. The second-order valence-electron chi connectivity index (χ2n) is 16.5. The predicted octanol–water partition coefficient (Wildman–Crippen LogP) is 12.1. The van der Waals surface area contributed by atoms with Gasteiger partial charge in [0.1, 0.15) is 5.75 Å². The van der Waals surface area contributed by atoms with Crippen LogP contribution in [0.25, 0.3) is 11.1 Å². The lowest BCUT2D eigenvalue weighted by atomic mass is 9.43. The van der Waals surface area contributed by atoms with Gasteiger partial charge in [-0.25, -0.2) is 0 Å². The highest BCUT2D eigenvalue weighted by Crippen LogP contribution is 2.57. The topological polar surface area (TPSA) is 15.7 Å². The Morgan fingerprint density at radius 3 is 2.04 bits per heavy atom. The highest BCUT2D eigenvalue weighted by atomic mass is 32.2. The minimum Gasteiger partial charge on any atom is -0.453 e. The fourth-order valence-electron chi connectivity index (χ4n) is 9.55. The van der Waals surface area contributed by atoms with Gasteiger partial charge in [-0.15, -0.1) is 0 Å². The van der Waals surface area contributed by atoms with Gasteiger partial charge in [0, 0.05) is 42.2 Å². The summed E-state index contributed by atoms with van der Waals surface area (Å²) in [7, 11) is 0. The van der Waals surface area contributed by atoms with E-state index in [0.717, 1.165) is 22.9 Å². The molecule has 1 aliphatic carbocycles. The van der Waals surface area contributed by atoms with Gasteiger partial charge in [0.05, 0.1) is 11.4 Å². The van der Waals surface area contributed by atoms with E-state index in [9.17, 15) is 0 Å². The summed E-state index contributed by atoms with van der Waals surface area (Å²) in [5.74, 6) is 1.82. The van der Waals surface area contributed by atoms with E-state index in [1.807, 2.05) is 23.5 Å². The van der Waals surface area contributed by atoms with Gasteiger partial charge in [0.15, 0.2) is 5.75 Å². The second-order valence-corrected chi connectivity index (χ2v) is 18.7. The van der Waals surface area contributed by atoms with Crippen LogP contribution in [-0.2, 0) is 10.8 Å². The zero-order valence-electron chi connectivity index (χ0n) is 30.4. The van der Waals surface area contributed by atoms with Crippen molar-refractivity contribution >= 4 is 69.7 Å². The minimum absolute atomic E-state index is 0.0306. The van der Waals surface area contributed by atoms with Crippen molar-refractivity contribution in [2.24, 2.45) is 0 Å². The van der Waals surface area contributed by atoms with Crippen LogP contribution >= 0.6 is 23.5 Å². The summed E-state index contributed by atoms with van der Waals surface area (Å²) >= 11 is 3.81. The summed E-state index contributed by atoms with van der Waals surface area (Å²) in [6.07, 6.45) is 2.39. The molecular formula is C46H39BN2OS2. The average molecular weight is 711 g/mol. The molecule has 0 atom stereocenters. The number of rotatable bonds is 1. The van der Waals surface area contributed by atoms with Crippen molar-refractivity contribution in [3.05, 3.63) is 125 Å². The molecule has 6 heteroatoms. The Bertz CT molecular complexity index is 2570. The maximum atomic E-state index is 6.66. The molecule has 4 aliphatic heterocycles. The second kappa shape index (κ2) is 10.5. The first-order valence-electron chi connectivity index (χ1n) is 18.5. The van der Waals surface area contributed by atoms with Crippen molar-refractivity contribution in [2.75, 3.05) is 9.71 Å². The van der Waals surface area contributed by atoms with E-state index in [1.54, 1.807) is 0 Å². The largest absolute Gasteiger partial charge is 0.453 e. The monoisotopic (exact) mass is 710 g/mol. The Balaban J connectivity index is 1.25. The van der Waals surface area contributed by atoms with E-state index in [2.05, 4.69) is 154 Å². The predicted molar refractivity (Wildman–Crippen MR) is 220 cm³/mol. The third kappa shape index (κ3) is 4.19. The molecule has 11 rings (SSSR count). The molecule has 0 saturated heterocycles. The fourth-order valence-corrected chi connectivity index (χ4v) is 11.8. The summed E-state index contributed by atoms with van der Waals surface area (Å²) in [6.45, 7) is 14.3. The van der Waals surface area contributed by atoms with E-state index < -0.39 is 0 Å². The van der Waals surface area contributed by atoms with Gasteiger partial charge >= 0.3 is 6.85 Å². The Kier molecular flexibility index (Phi) is 6.30. The molecule has 0 fully saturated rings. The van der Waals surface area contributed by atoms with Crippen LogP contribution in [0.3, 0.4) is 0 Å². The number of para-hydroxylation sites is 3. The first-order chi connectivity index (χ1) is 25.1. The first kappa shape index (κ1) is 31.1. The van der Waals surface area contributed by atoms with E-state index in [0.29, 0.717) is 0 Å². The summed E-state index contributed by atoms with van der Waals surface area (Å²) in [6, 6.07) is 39.0. The van der Waals surface area contributed by atoms with Crippen LogP contribution < -0.4 is 25.4 Å². The minimum atomic E-state index is -0.0306. The van der Waals surface area contributed by atoms with Gasteiger partial charge in [0.25, 0.3) is 0 Å². The Morgan fingerprint density at radius 2 is 1.27 bits per heavy atom. The number of anilines is 5. The molecule has 254 valence electrons. The van der Waals surface area contributed by atoms with Crippen molar-refractivity contribution in [3.8, 4) is 22.6 Å². The number of hydrogen-bond donors (Lipinski definition) is 0. The summed E-state index contributed by atoms with van der Waals surface area (Å²) < 4.78 is 6.66. The molecule has 5 aliphatic rings. The van der Waals surface area contributed by atoms with E-state index in [-0.39, 0.29) is 17.7 Å². The number of ether oxygens (including phenoxy) is 1. The molecule has 0 N–H and O–H groups in total. The summed E-state index contributed by atoms with van der Waals surface area (Å²) in [5.41, 5.74) is 17.2. The lowest BCUT2D eigenvalue weighted by molar-refractivity contribution is 0.332. The quantitative estimate of drug-likeness (QED) is 0.157. The highest BCUT2D eigenvalue weighted by Gasteiger charge is 2.49. The lowest BCUT2D eigenvalue weighted by Gasteiger charge is -2.48. The Morgan fingerprint density at radius 1 is 0.596 bits per heavy atom. The number of aryl methyl sites for hydroxylation is 2. The smallest absolute Gasteiger partial charge is 0.333 e. The summed E-state index contributed by atoms with van der Waals surface area (Å²) in [5, 5.41) is 0. The van der Waals surface area contributed by atoms with Gasteiger partial charge in [-0.1, -0.05) is 99.7 Å². The van der Waals surface area contributed by atoms with Gasteiger partial charge in [-0.2, -0.15) is 0 Å². The van der Waals surface area contributed by atoms with Gasteiger partial charge in [-0.3, -0.25) is 0 Å². The van der Waals surface area contributed by atoms with Gasteiger partial charge < -0.3 is 14.4 Å². The Hall–Kier alpha value is -4.52. The van der Waals surface area contributed by atoms with Crippen LogP contribution in [0, 0.1) is 13.8 Å². The standard InChI is InChI=1S/C46H39BN2OS2/c1-26-20-29-28-12-11-15-38-44(28)49(33-13-7-8-14-37(33)50-38)47-32-24-41-42(52-40-17-10-9-16-39(40)51-41)25-35(32)48(36(21-26)43(29)47)34-23-31-30(22-27(34)2)45(3,4)18-19-46(31,5)6/h7-17,20-25H,18-19H2,1-6H3. The van der Waals surface area contributed by atoms with Crippen LogP contribution in [0.4, 0.5) is 28.4 Å². The van der Waals surface area contributed by atoms with Crippen LogP contribution in [0.5, 0.6) is 11.5 Å². The lowest BCUT2D eigenvalue weighted by Crippen LogP contribution is -2.62. The molecule has 0 unspecified atom stereocenters. The number of hydrogen-bond acceptors (Lipinski definition) is 5. The molecule has 0 saturated carbocycles. The maximum Gasteiger partial charge on any atom is 0.333 e. The molecule has 0 amide bonds. The van der Waals surface area contributed by atoms with Gasteiger partial charge in [-0.05, 0) is 131 Å². The molecule has 4 heterocycles. The van der Waals surface area contributed by atoms with Crippen molar-refractivity contribution in [1.82, 2.24) is 0 Å². The molecule has 6 aromatic carbocycles. The zero-order chi connectivity index (χ0) is 35.3.